The number of nitrogens with one attached hydrogen (secondary N) is 2. The van der Waals surface area contributed by atoms with Crippen LogP contribution in [0.5, 0.6) is 0 Å². The summed E-state index contributed by atoms with van der Waals surface area (Å²) < 4.78 is 46.1. The second-order valence-corrected chi connectivity index (χ2v) is 9.63. The minimum atomic E-state index is -5.23. The van der Waals surface area contributed by atoms with Crippen molar-refractivity contribution in [1.82, 2.24) is 14.9 Å². The number of ketones is 1. The maximum atomic E-state index is 13.4. The highest BCUT2D eigenvalue weighted by atomic mass is 19.4. The average molecular weight is 623 g/mol. The van der Waals surface area contributed by atoms with Crippen molar-refractivity contribution in [3.63, 3.8) is 0 Å². The largest absolute Gasteiger partial charge is 0.478 e. The number of hydrogen-bond donors (Lipinski definition) is 3. The van der Waals surface area contributed by atoms with Crippen LogP contribution in [0.3, 0.4) is 0 Å². The van der Waals surface area contributed by atoms with Crippen LogP contribution < -0.4 is 16.2 Å². The number of alkyl halides is 3. The Hall–Kier alpha value is -5.79. The number of anilines is 1. The van der Waals surface area contributed by atoms with Gasteiger partial charge in [-0.1, -0.05) is 72.8 Å². The lowest BCUT2D eigenvalue weighted by molar-refractivity contribution is -0.173. The van der Waals surface area contributed by atoms with Crippen LogP contribution in [-0.4, -0.2) is 50.6 Å². The first-order valence-electron chi connectivity index (χ1n) is 13.3. The van der Waals surface area contributed by atoms with Crippen molar-refractivity contribution in [3.05, 3.63) is 118 Å². The first-order chi connectivity index (χ1) is 21.4. The van der Waals surface area contributed by atoms with Crippen molar-refractivity contribution >= 4 is 29.4 Å². The van der Waals surface area contributed by atoms with E-state index in [1.165, 1.54) is 36.4 Å². The van der Waals surface area contributed by atoms with E-state index in [0.717, 1.165) is 10.8 Å². The molecule has 0 aliphatic rings. The number of halogens is 3. The number of aromatic nitrogens is 2. The monoisotopic (exact) mass is 622 g/mol. The van der Waals surface area contributed by atoms with Gasteiger partial charge in [-0.25, -0.2) is 14.6 Å². The normalized spacial score (nSPS) is 11.7. The maximum Gasteiger partial charge on any atom is 0.452 e. The number of aromatic carboxylic acids is 1. The molecule has 0 bridgehead atoms. The van der Waals surface area contributed by atoms with Crippen LogP contribution in [0.15, 0.2) is 95.9 Å². The predicted octanol–water partition coefficient (Wildman–Crippen LogP) is 4.22. The predicted molar refractivity (Wildman–Crippen MR) is 154 cm³/mol. The Kier molecular flexibility index (Phi) is 10.1. The zero-order chi connectivity index (χ0) is 32.6. The zero-order valence-electron chi connectivity index (χ0n) is 23.3. The molecule has 0 aliphatic heterocycles. The summed E-state index contributed by atoms with van der Waals surface area (Å²) in [5, 5.41) is 13.3. The van der Waals surface area contributed by atoms with Gasteiger partial charge < -0.3 is 15.2 Å². The highest BCUT2D eigenvalue weighted by Crippen LogP contribution is 2.21. The van der Waals surface area contributed by atoms with Crippen molar-refractivity contribution in [2.45, 2.75) is 31.8 Å². The number of carbonyl (C=O) groups excluding carboxylic acids is 3. The number of rotatable bonds is 11. The molecular formula is C31H25F3N4O7. The number of carbonyl (C=O) groups is 4. The van der Waals surface area contributed by atoms with Gasteiger partial charge in [0.25, 0.3) is 11.3 Å². The van der Waals surface area contributed by atoms with Crippen LogP contribution in [0.25, 0.3) is 11.4 Å². The number of ether oxygens (including phenoxy) is 1. The Morgan fingerprint density at radius 2 is 1.51 bits per heavy atom. The van der Waals surface area contributed by atoms with E-state index < -0.39 is 60.2 Å². The minimum Gasteiger partial charge on any atom is -0.478 e. The van der Waals surface area contributed by atoms with E-state index in [1.54, 1.807) is 48.5 Å². The van der Waals surface area contributed by atoms with Crippen molar-refractivity contribution in [1.29, 1.82) is 0 Å². The Morgan fingerprint density at radius 1 is 0.889 bits per heavy atom. The van der Waals surface area contributed by atoms with Gasteiger partial charge in [0.05, 0.1) is 11.8 Å². The molecule has 4 aromatic rings. The van der Waals surface area contributed by atoms with E-state index in [4.69, 9.17) is 9.84 Å². The molecule has 1 heterocycles. The lowest BCUT2D eigenvalue weighted by Crippen LogP contribution is -2.49. The molecule has 0 saturated carbocycles. The number of benzene rings is 3. The Balaban J connectivity index is 1.56. The van der Waals surface area contributed by atoms with E-state index in [-0.39, 0.29) is 18.0 Å². The number of carboxylic acid groups (broad SMARTS) is 1. The Labute approximate surface area is 253 Å². The second kappa shape index (κ2) is 14.1. The van der Waals surface area contributed by atoms with E-state index in [9.17, 15) is 37.1 Å². The summed E-state index contributed by atoms with van der Waals surface area (Å²) in [6, 6.07) is 19.5. The van der Waals surface area contributed by atoms with Gasteiger partial charge >= 0.3 is 18.2 Å². The number of Topliss-reactive ketones (excluding diaryl/α,β-unsaturated/α-hetero) is 1. The molecule has 3 N–H and O–H groups in total. The van der Waals surface area contributed by atoms with Crippen LogP contribution in [0.4, 0.5) is 23.7 Å². The van der Waals surface area contributed by atoms with E-state index in [1.807, 2.05) is 0 Å². The number of hydrogen-bond acceptors (Lipinski definition) is 7. The molecule has 2 amide bonds. The molecule has 11 nitrogen and oxygen atoms in total. The summed E-state index contributed by atoms with van der Waals surface area (Å²) in [4.78, 5) is 66.4. The fraction of sp³-hybridized carbons (Fsp3) is 0.161. The molecule has 0 saturated heterocycles. The third kappa shape index (κ3) is 8.63. The first kappa shape index (κ1) is 32.1. The lowest BCUT2D eigenvalue weighted by atomic mass is 10.0. The van der Waals surface area contributed by atoms with E-state index in [2.05, 4.69) is 15.6 Å². The van der Waals surface area contributed by atoms with Crippen molar-refractivity contribution in [2.75, 3.05) is 5.32 Å². The van der Waals surface area contributed by atoms with Crippen molar-refractivity contribution in [3.8, 4) is 11.4 Å². The molecular weight excluding hydrogens is 597 g/mol. The summed E-state index contributed by atoms with van der Waals surface area (Å²) >= 11 is 0. The highest BCUT2D eigenvalue weighted by molar-refractivity contribution is 5.93. The molecule has 1 aromatic heterocycles. The molecule has 232 valence electrons. The molecule has 0 spiro atoms. The van der Waals surface area contributed by atoms with E-state index in [0.29, 0.717) is 16.7 Å². The third-order valence-corrected chi connectivity index (χ3v) is 6.40. The van der Waals surface area contributed by atoms with Crippen LogP contribution in [-0.2, 0) is 33.9 Å². The fourth-order valence-corrected chi connectivity index (χ4v) is 4.22. The maximum absolute atomic E-state index is 13.4. The van der Waals surface area contributed by atoms with E-state index >= 15 is 0 Å². The third-order valence-electron chi connectivity index (χ3n) is 6.40. The van der Waals surface area contributed by atoms with Gasteiger partial charge in [0.2, 0.25) is 5.91 Å². The summed E-state index contributed by atoms with van der Waals surface area (Å²) in [5.41, 5.74) is -0.0866. The first-order valence-corrected chi connectivity index (χ1v) is 13.3. The topological polar surface area (TPSA) is 157 Å². The molecule has 3 aromatic carbocycles. The zero-order valence-corrected chi connectivity index (χ0v) is 23.3. The molecule has 14 heteroatoms. The lowest BCUT2D eigenvalue weighted by Gasteiger charge is -2.20. The molecule has 4 rings (SSSR count). The molecule has 45 heavy (non-hydrogen) atoms. The molecule has 0 radical (unpaired) electrons. The number of nitrogens with zero attached hydrogens (tertiary/aromatic N) is 2. The summed E-state index contributed by atoms with van der Waals surface area (Å²) in [6.45, 7) is -1.11. The summed E-state index contributed by atoms with van der Waals surface area (Å²) in [6.07, 6.45) is -5.72. The van der Waals surface area contributed by atoms with Crippen LogP contribution in [0, 0.1) is 0 Å². The standard InChI is InChI=1S/C31H25F3N4O7/c32-31(33,34)26(40)23(15-19-7-3-1-4-8-19)36-25(39)17-38-27(21-9-5-2-6-10-21)35-16-24(28(38)41)37-30(44)45-18-20-11-13-22(14-12-20)29(42)43/h1-14,16,23H,15,17-18H2,(H,36,39)(H,37,44)(H,42,43). The van der Waals surface area contributed by atoms with Gasteiger partial charge in [0.1, 0.15) is 30.7 Å². The summed E-state index contributed by atoms with van der Waals surface area (Å²) in [5.74, 6) is -4.41. The van der Waals surface area contributed by atoms with Gasteiger partial charge in [-0.15, -0.1) is 0 Å². The van der Waals surface area contributed by atoms with Gasteiger partial charge in [-0.2, -0.15) is 13.2 Å². The van der Waals surface area contributed by atoms with Crippen molar-refractivity contribution in [2.24, 2.45) is 0 Å². The smallest absolute Gasteiger partial charge is 0.452 e. The SMILES string of the molecule is O=C(Cn1c(-c2ccccc2)ncc(NC(=O)OCc2ccc(C(=O)O)cc2)c1=O)NC(Cc1ccccc1)C(=O)C(F)(F)F. The summed E-state index contributed by atoms with van der Waals surface area (Å²) in [7, 11) is 0. The number of carboxylic acids is 1. The van der Waals surface area contributed by atoms with Crippen molar-refractivity contribution < 1.29 is 42.2 Å². The quantitative estimate of drug-likeness (QED) is 0.225. The second-order valence-electron chi connectivity index (χ2n) is 9.63. The van der Waals surface area contributed by atoms with Gasteiger partial charge in [0.15, 0.2) is 0 Å². The highest BCUT2D eigenvalue weighted by Gasteiger charge is 2.44. The minimum absolute atomic E-state index is 0.0325. The Morgan fingerprint density at radius 3 is 2.11 bits per heavy atom. The van der Waals surface area contributed by atoms with Gasteiger partial charge in [0, 0.05) is 12.0 Å². The number of amides is 2. The van der Waals surface area contributed by atoms with Gasteiger partial charge in [-0.3, -0.25) is 24.3 Å². The Bertz CT molecular complexity index is 1740. The molecule has 1 atom stereocenters. The molecule has 1 unspecified atom stereocenters. The average Bonchev–Trinajstić information content (AvgIpc) is 3.02. The van der Waals surface area contributed by atoms with Crippen LogP contribution >= 0.6 is 0 Å². The van der Waals surface area contributed by atoms with Crippen LogP contribution in [0.1, 0.15) is 21.5 Å². The van der Waals surface area contributed by atoms with Gasteiger partial charge in [-0.05, 0) is 23.3 Å². The fourth-order valence-electron chi connectivity index (χ4n) is 4.22. The van der Waals surface area contributed by atoms with Crippen LogP contribution in [0.2, 0.25) is 0 Å². The molecule has 0 fully saturated rings. The molecule has 0 aliphatic carbocycles.